The molecule has 0 radical (unpaired) electrons. The third kappa shape index (κ3) is 17.1. The molecule has 1 rings (SSSR count). The zero-order valence-corrected chi connectivity index (χ0v) is 18.1. The molecule has 0 N–H and O–H groups in total. The molecule has 19 heavy (non-hydrogen) atoms. The van der Waals surface area contributed by atoms with E-state index in [4.69, 9.17) is 11.6 Å². The smallest absolute Gasteiger partial charge is 0.671 e. The molecule has 0 aromatic heterocycles. The van der Waals surface area contributed by atoms with Gasteiger partial charge in [-0.3, -0.25) is 0 Å². The molecule has 2 atom stereocenters. The van der Waals surface area contributed by atoms with E-state index in [1.165, 1.54) is 19.3 Å². The van der Waals surface area contributed by atoms with Gasteiger partial charge in [-0.15, -0.1) is 11.6 Å². The van der Waals surface area contributed by atoms with Crippen LogP contribution in [0.5, 0.6) is 0 Å². The van der Waals surface area contributed by atoms with Gasteiger partial charge in [0.25, 0.3) is 0 Å². The fourth-order valence-corrected chi connectivity index (χ4v) is 2.54. The summed E-state index contributed by atoms with van der Waals surface area (Å²) in [4.78, 5) is 0. The van der Waals surface area contributed by atoms with Crippen molar-refractivity contribution in [3.05, 3.63) is 23.4 Å². The Hall–Kier alpha value is 1.11. The molecule has 0 spiro atoms. The summed E-state index contributed by atoms with van der Waals surface area (Å²) in [5.74, 6) is 0.723. The minimum absolute atomic E-state index is 0. The summed E-state index contributed by atoms with van der Waals surface area (Å²) in [6.07, 6.45) is 4.81. The molecule has 0 bridgehead atoms. The van der Waals surface area contributed by atoms with Crippen LogP contribution in [-0.2, 0) is 25.8 Å². The van der Waals surface area contributed by atoms with Gasteiger partial charge in [0.2, 0.25) is 0 Å². The molecule has 0 heterocycles. The van der Waals surface area contributed by atoms with E-state index in [0.29, 0.717) is 12.1 Å². The average Bonchev–Trinajstić information content (AvgIpc) is 2.67. The molecule has 1 saturated carbocycles. The van der Waals surface area contributed by atoms with Crippen molar-refractivity contribution in [2.75, 3.05) is 41.7 Å². The Morgan fingerprint density at radius 2 is 1.47 bits per heavy atom. The van der Waals surface area contributed by atoms with Crippen molar-refractivity contribution in [1.82, 2.24) is 0 Å². The maximum Gasteiger partial charge on any atom is 4.00 e. The van der Waals surface area contributed by atoms with Crippen LogP contribution >= 0.6 is 11.6 Å². The Bertz CT molecular complexity index is 154. The van der Waals surface area contributed by atoms with E-state index in [1.54, 1.807) is 28.2 Å². The number of nitrogens with zero attached hydrogens (tertiary/aromatic N) is 3. The molecule has 6 heteroatoms. The van der Waals surface area contributed by atoms with Gasteiger partial charge in [-0.2, -0.15) is 41.7 Å². The van der Waals surface area contributed by atoms with Gasteiger partial charge >= 0.3 is 25.8 Å². The second kappa shape index (κ2) is 21.4. The van der Waals surface area contributed by atoms with Gasteiger partial charge in [-0.25, -0.2) is 0 Å². The van der Waals surface area contributed by atoms with Crippen LogP contribution in [0.1, 0.15) is 19.3 Å². The number of rotatable bonds is 3. The Morgan fingerprint density at radius 3 is 1.74 bits per heavy atom. The number of halogens is 1. The molecule has 0 aromatic rings. The molecule has 1 aliphatic rings. The molecule has 0 amide bonds. The van der Waals surface area contributed by atoms with Crippen LogP contribution in [0.3, 0.4) is 0 Å². The van der Waals surface area contributed by atoms with Crippen molar-refractivity contribution in [2.24, 2.45) is 0 Å². The Kier molecular flexibility index (Phi) is 31.9. The second-order valence-corrected chi connectivity index (χ2v) is 5.04. The normalized spacial score (nSPS) is 19.7. The molecule has 112 valence electrons. The maximum atomic E-state index is 6.17. The van der Waals surface area contributed by atoms with Crippen LogP contribution < -0.4 is 0 Å². The monoisotopic (exact) mass is 455 g/mol. The molecule has 1 aliphatic carbocycles. The van der Waals surface area contributed by atoms with E-state index in [0.717, 1.165) is 12.3 Å². The van der Waals surface area contributed by atoms with E-state index in [1.807, 2.05) is 7.05 Å². The minimum Gasteiger partial charge on any atom is -0.671 e. The SMILES string of the molecule is C[N-]C.C[N-]C.C[N-]CB(C)C1CCCC1Cl.[CH3-].[Hf+4]. The molecule has 0 saturated heterocycles. The predicted octanol–water partition coefficient (Wildman–Crippen LogP) is 4.50. The third-order valence-electron chi connectivity index (χ3n) is 2.68. The Labute approximate surface area is 146 Å². The predicted molar refractivity (Wildman–Crippen MR) is 89.8 cm³/mol. The van der Waals surface area contributed by atoms with Crippen LogP contribution in [0.4, 0.5) is 0 Å². The maximum absolute atomic E-state index is 6.17. The molecule has 0 aromatic carbocycles. The fraction of sp³-hybridized carbons (Fsp3) is 0.923. The topological polar surface area (TPSA) is 42.3 Å². The molecule has 1 fully saturated rings. The van der Waals surface area contributed by atoms with Crippen LogP contribution in [0, 0.1) is 7.43 Å². The van der Waals surface area contributed by atoms with Gasteiger partial charge in [0.1, 0.15) is 6.71 Å². The molecule has 0 aliphatic heterocycles. The van der Waals surface area contributed by atoms with Gasteiger partial charge in [-0.05, 0) is 12.2 Å². The van der Waals surface area contributed by atoms with Gasteiger partial charge in [0.05, 0.1) is 0 Å². The molecular weight excluding hydrogens is 423 g/mol. The van der Waals surface area contributed by atoms with Crippen molar-refractivity contribution in [3.8, 4) is 0 Å². The minimum atomic E-state index is 0. The zero-order chi connectivity index (χ0) is 13.7. The van der Waals surface area contributed by atoms with Crippen LogP contribution in [0.15, 0.2) is 0 Å². The zero-order valence-electron chi connectivity index (χ0n) is 13.8. The van der Waals surface area contributed by atoms with Crippen LogP contribution in [0.2, 0.25) is 12.6 Å². The van der Waals surface area contributed by atoms with Crippen LogP contribution in [-0.4, -0.2) is 53.8 Å². The summed E-state index contributed by atoms with van der Waals surface area (Å²) in [5, 5.41) is 11.6. The van der Waals surface area contributed by atoms with Crippen molar-refractivity contribution in [1.29, 1.82) is 0 Å². The first-order chi connectivity index (χ1) is 8.08. The Morgan fingerprint density at radius 1 is 1.05 bits per heavy atom. The summed E-state index contributed by atoms with van der Waals surface area (Å²) in [5.41, 5.74) is 0. The first-order valence-corrected chi connectivity index (χ1v) is 6.68. The first-order valence-electron chi connectivity index (χ1n) is 6.24. The summed E-state index contributed by atoms with van der Waals surface area (Å²) in [6, 6.07) is 0. The van der Waals surface area contributed by atoms with Crippen LogP contribution in [0.25, 0.3) is 16.0 Å². The van der Waals surface area contributed by atoms with Crippen molar-refractivity contribution < 1.29 is 25.8 Å². The van der Waals surface area contributed by atoms with Crippen molar-refractivity contribution in [3.63, 3.8) is 0 Å². The number of hydrogen-bond acceptors (Lipinski definition) is 0. The van der Waals surface area contributed by atoms with Gasteiger partial charge in [-0.1, -0.05) is 19.7 Å². The van der Waals surface area contributed by atoms with Crippen molar-refractivity contribution >= 4 is 18.3 Å². The summed E-state index contributed by atoms with van der Waals surface area (Å²) in [7, 11) is 8.88. The van der Waals surface area contributed by atoms with Gasteiger partial charge in [0, 0.05) is 5.38 Å². The first kappa shape index (κ1) is 28.3. The summed E-state index contributed by atoms with van der Waals surface area (Å²) in [6.45, 7) is 2.95. The quantitative estimate of drug-likeness (QED) is 0.343. The van der Waals surface area contributed by atoms with Gasteiger partial charge < -0.3 is 23.4 Å². The largest absolute Gasteiger partial charge is 4.00 e. The average molecular weight is 454 g/mol. The molecule has 2 unspecified atom stereocenters. The summed E-state index contributed by atoms with van der Waals surface area (Å²) >= 11 is 6.17. The van der Waals surface area contributed by atoms with E-state index in [-0.39, 0.29) is 33.3 Å². The van der Waals surface area contributed by atoms with Gasteiger partial charge in [0.15, 0.2) is 0 Å². The van der Waals surface area contributed by atoms with E-state index >= 15 is 0 Å². The Balaban J connectivity index is -0.000000122. The standard InChI is InChI=1S/C8H16BClN.2C2H6N.CH3.Hf/c1-9(6-11-2)7-4-3-5-8(7)10;2*1-3-2;;/h7-8H,3-6H2,1-2H3;2*1-2H3;1H3;/q4*-1;+4. The molecule has 3 nitrogen and oxygen atoms in total. The second-order valence-electron chi connectivity index (χ2n) is 4.48. The van der Waals surface area contributed by atoms with E-state index in [2.05, 4.69) is 22.8 Å². The van der Waals surface area contributed by atoms with E-state index in [9.17, 15) is 0 Å². The fourth-order valence-electron chi connectivity index (χ4n) is 2.01. The number of hydrogen-bond donors (Lipinski definition) is 0. The summed E-state index contributed by atoms with van der Waals surface area (Å²) < 4.78 is 0. The molecular formula is C13H31BClHfN3. The van der Waals surface area contributed by atoms with Crippen molar-refractivity contribution in [2.45, 2.75) is 37.3 Å². The third-order valence-corrected chi connectivity index (χ3v) is 3.23. The number of alkyl halides is 1. The van der Waals surface area contributed by atoms with E-state index < -0.39 is 0 Å².